The SMILES string of the molecule is NC(=S)/C=C\C(c1ccccc1)(c1ccccc1)c1ccccc1. The summed E-state index contributed by atoms with van der Waals surface area (Å²) in [5.41, 5.74) is 8.87. The molecule has 3 rings (SSSR count). The van der Waals surface area contributed by atoms with Crippen molar-refractivity contribution in [3.63, 3.8) is 0 Å². The molecule has 0 bridgehead atoms. The van der Waals surface area contributed by atoms with E-state index in [1.165, 1.54) is 16.7 Å². The Labute approximate surface area is 148 Å². The van der Waals surface area contributed by atoms with Gasteiger partial charge in [-0.1, -0.05) is 109 Å². The first kappa shape index (κ1) is 16.2. The summed E-state index contributed by atoms with van der Waals surface area (Å²) in [6.45, 7) is 0. The van der Waals surface area contributed by atoms with E-state index in [1.54, 1.807) is 0 Å². The molecule has 3 aromatic carbocycles. The van der Waals surface area contributed by atoms with Crippen LogP contribution in [-0.4, -0.2) is 4.99 Å². The third-order valence-corrected chi connectivity index (χ3v) is 4.32. The van der Waals surface area contributed by atoms with Gasteiger partial charge in [-0.05, 0) is 22.8 Å². The highest BCUT2D eigenvalue weighted by Gasteiger charge is 2.33. The van der Waals surface area contributed by atoms with Gasteiger partial charge in [0.1, 0.15) is 0 Å². The first-order valence-corrected chi connectivity index (χ1v) is 8.29. The van der Waals surface area contributed by atoms with Crippen molar-refractivity contribution in [3.05, 3.63) is 120 Å². The topological polar surface area (TPSA) is 26.0 Å². The fourth-order valence-electron chi connectivity index (χ4n) is 3.10. The van der Waals surface area contributed by atoms with E-state index in [0.717, 1.165) is 0 Å². The van der Waals surface area contributed by atoms with E-state index >= 15 is 0 Å². The summed E-state index contributed by atoms with van der Waals surface area (Å²) in [7, 11) is 0. The fraction of sp³-hybridized carbons (Fsp3) is 0.0455. The van der Waals surface area contributed by atoms with E-state index in [9.17, 15) is 0 Å². The monoisotopic (exact) mass is 329 g/mol. The standard InChI is InChI=1S/C22H19NS/c23-21(24)16-17-22(18-10-4-1-5-11-18,19-12-6-2-7-13-19)20-14-8-3-9-15-20/h1-17H,(H2,23,24)/b17-16-. The van der Waals surface area contributed by atoms with Crippen LogP contribution in [0, 0.1) is 0 Å². The number of hydrogen-bond donors (Lipinski definition) is 1. The molecule has 0 saturated heterocycles. The van der Waals surface area contributed by atoms with E-state index in [1.807, 2.05) is 24.3 Å². The summed E-state index contributed by atoms with van der Waals surface area (Å²) < 4.78 is 0. The Bertz CT molecular complexity index is 727. The number of benzene rings is 3. The average molecular weight is 329 g/mol. The smallest absolute Gasteiger partial charge is 0.0959 e. The van der Waals surface area contributed by atoms with Crippen LogP contribution in [0.5, 0.6) is 0 Å². The molecule has 0 aliphatic carbocycles. The van der Waals surface area contributed by atoms with Crippen molar-refractivity contribution in [3.8, 4) is 0 Å². The van der Waals surface area contributed by atoms with E-state index in [2.05, 4.69) is 78.9 Å². The zero-order chi connectivity index (χ0) is 16.8. The van der Waals surface area contributed by atoms with Crippen molar-refractivity contribution in [1.29, 1.82) is 0 Å². The highest BCUT2D eigenvalue weighted by atomic mass is 32.1. The Kier molecular flexibility index (Phi) is 4.88. The molecule has 24 heavy (non-hydrogen) atoms. The second-order valence-electron chi connectivity index (χ2n) is 5.64. The van der Waals surface area contributed by atoms with Gasteiger partial charge in [-0.3, -0.25) is 0 Å². The molecule has 0 amide bonds. The molecule has 0 aliphatic heterocycles. The quantitative estimate of drug-likeness (QED) is 0.411. The minimum absolute atomic E-state index is 0.377. The van der Waals surface area contributed by atoms with Crippen molar-refractivity contribution in [1.82, 2.24) is 0 Å². The summed E-state index contributed by atoms with van der Waals surface area (Å²) in [6, 6.07) is 31.3. The Hall–Kier alpha value is -2.71. The molecule has 0 unspecified atom stereocenters. The van der Waals surface area contributed by atoms with Crippen LogP contribution in [0.15, 0.2) is 103 Å². The lowest BCUT2D eigenvalue weighted by Crippen LogP contribution is -2.27. The maximum absolute atomic E-state index is 5.78. The molecule has 0 radical (unpaired) electrons. The first-order chi connectivity index (χ1) is 11.7. The zero-order valence-electron chi connectivity index (χ0n) is 13.3. The van der Waals surface area contributed by atoms with Crippen molar-refractivity contribution >= 4 is 17.2 Å². The third kappa shape index (κ3) is 3.15. The Morgan fingerprint density at radius 1 is 0.667 bits per heavy atom. The van der Waals surface area contributed by atoms with Gasteiger partial charge in [-0.15, -0.1) is 0 Å². The maximum atomic E-state index is 5.78. The van der Waals surface area contributed by atoms with Crippen LogP contribution >= 0.6 is 12.2 Å². The Morgan fingerprint density at radius 2 is 1.00 bits per heavy atom. The van der Waals surface area contributed by atoms with Crippen LogP contribution in [0.25, 0.3) is 0 Å². The molecular weight excluding hydrogens is 310 g/mol. The van der Waals surface area contributed by atoms with E-state index in [4.69, 9.17) is 18.0 Å². The van der Waals surface area contributed by atoms with E-state index in [0.29, 0.717) is 4.99 Å². The Balaban J connectivity index is 2.35. The van der Waals surface area contributed by atoms with Gasteiger partial charge < -0.3 is 5.73 Å². The van der Waals surface area contributed by atoms with Crippen LogP contribution in [0.3, 0.4) is 0 Å². The van der Waals surface area contributed by atoms with Crippen LogP contribution in [0.1, 0.15) is 16.7 Å². The molecule has 2 N–H and O–H groups in total. The summed E-state index contributed by atoms with van der Waals surface area (Å²) in [6.07, 6.45) is 3.93. The molecule has 0 saturated carbocycles. The number of allylic oxidation sites excluding steroid dienone is 1. The van der Waals surface area contributed by atoms with Gasteiger partial charge in [0, 0.05) is 0 Å². The van der Waals surface area contributed by atoms with Crippen LogP contribution < -0.4 is 5.73 Å². The highest BCUT2D eigenvalue weighted by molar-refractivity contribution is 7.80. The van der Waals surface area contributed by atoms with Crippen molar-refractivity contribution in [2.75, 3.05) is 0 Å². The lowest BCUT2D eigenvalue weighted by molar-refractivity contribution is 0.779. The molecule has 0 heterocycles. The maximum Gasteiger partial charge on any atom is 0.0959 e. The molecular formula is C22H19NS. The molecule has 1 nitrogen and oxygen atoms in total. The number of thiocarbonyl (C=S) groups is 1. The van der Waals surface area contributed by atoms with Gasteiger partial charge in [0.15, 0.2) is 0 Å². The number of hydrogen-bond acceptors (Lipinski definition) is 1. The van der Waals surface area contributed by atoms with Crippen molar-refractivity contribution in [2.45, 2.75) is 5.41 Å². The number of rotatable bonds is 5. The lowest BCUT2D eigenvalue weighted by Gasteiger charge is -2.33. The minimum atomic E-state index is -0.437. The van der Waals surface area contributed by atoms with Crippen LogP contribution in [0.4, 0.5) is 0 Å². The summed E-state index contributed by atoms with van der Waals surface area (Å²) in [5, 5.41) is 0. The van der Waals surface area contributed by atoms with Crippen molar-refractivity contribution in [2.24, 2.45) is 5.73 Å². The largest absolute Gasteiger partial charge is 0.390 e. The number of nitrogens with two attached hydrogens (primary N) is 1. The summed E-state index contributed by atoms with van der Waals surface area (Å²) in [5.74, 6) is 0. The van der Waals surface area contributed by atoms with Gasteiger partial charge in [0.25, 0.3) is 0 Å². The molecule has 0 aromatic heterocycles. The van der Waals surface area contributed by atoms with Crippen LogP contribution in [-0.2, 0) is 5.41 Å². The average Bonchev–Trinajstić information content (AvgIpc) is 2.65. The summed E-state index contributed by atoms with van der Waals surface area (Å²) in [4.78, 5) is 0.377. The highest BCUT2D eigenvalue weighted by Crippen LogP contribution is 2.40. The van der Waals surface area contributed by atoms with E-state index in [-0.39, 0.29) is 0 Å². The first-order valence-electron chi connectivity index (χ1n) is 7.89. The molecule has 0 atom stereocenters. The molecule has 0 aliphatic rings. The second-order valence-corrected chi connectivity index (χ2v) is 6.11. The molecule has 0 fully saturated rings. The second kappa shape index (κ2) is 7.24. The van der Waals surface area contributed by atoms with Gasteiger partial charge in [0.05, 0.1) is 10.4 Å². The van der Waals surface area contributed by atoms with Crippen LogP contribution in [0.2, 0.25) is 0 Å². The van der Waals surface area contributed by atoms with Gasteiger partial charge in [-0.25, -0.2) is 0 Å². The fourth-order valence-corrected chi connectivity index (χ4v) is 3.17. The molecule has 3 aromatic rings. The zero-order valence-corrected chi connectivity index (χ0v) is 14.1. The minimum Gasteiger partial charge on any atom is -0.390 e. The Morgan fingerprint density at radius 3 is 1.29 bits per heavy atom. The molecule has 118 valence electrons. The molecule has 0 spiro atoms. The van der Waals surface area contributed by atoms with Gasteiger partial charge in [0.2, 0.25) is 0 Å². The third-order valence-electron chi connectivity index (χ3n) is 4.18. The summed E-state index contributed by atoms with van der Waals surface area (Å²) >= 11 is 5.10. The lowest BCUT2D eigenvalue weighted by atomic mass is 9.69. The van der Waals surface area contributed by atoms with Gasteiger partial charge in [-0.2, -0.15) is 0 Å². The molecule has 2 heteroatoms. The predicted octanol–water partition coefficient (Wildman–Crippen LogP) is 4.86. The van der Waals surface area contributed by atoms with E-state index < -0.39 is 5.41 Å². The predicted molar refractivity (Wildman–Crippen MR) is 105 cm³/mol. The van der Waals surface area contributed by atoms with Gasteiger partial charge >= 0.3 is 0 Å². The normalized spacial score (nSPS) is 11.5. The van der Waals surface area contributed by atoms with Crippen molar-refractivity contribution < 1.29 is 0 Å².